The van der Waals surface area contributed by atoms with E-state index in [1.54, 1.807) is 0 Å². The quantitative estimate of drug-likeness (QED) is 0.657. The highest BCUT2D eigenvalue weighted by atomic mass is 19.1. The maximum Gasteiger partial charge on any atom is 0.305 e. The second kappa shape index (κ2) is 9.04. The number of carbonyl (C=O) groups is 2. The lowest BCUT2D eigenvalue weighted by atomic mass is 10.2. The monoisotopic (exact) mass is 299 g/mol. The number of carboxylic acids is 1. The molecule has 0 aromatic heterocycles. The zero-order chi connectivity index (χ0) is 15.7. The van der Waals surface area contributed by atoms with E-state index in [0.29, 0.717) is 0 Å². The molecule has 0 atom stereocenters. The molecule has 1 aromatic rings. The molecule has 0 aliphatic rings. The van der Waals surface area contributed by atoms with Crippen LogP contribution in [0.2, 0.25) is 0 Å². The van der Waals surface area contributed by atoms with Gasteiger partial charge in [0.2, 0.25) is 0 Å². The minimum Gasteiger partial charge on any atom is -0.481 e. The maximum absolute atomic E-state index is 13.1. The van der Waals surface area contributed by atoms with Crippen LogP contribution in [0.4, 0.5) is 4.39 Å². The number of ether oxygens (including phenoxy) is 1. The van der Waals surface area contributed by atoms with E-state index in [1.807, 2.05) is 0 Å². The molecule has 0 saturated heterocycles. The number of hydrogen-bond donors (Lipinski definition) is 2. The van der Waals surface area contributed by atoms with Gasteiger partial charge in [-0.1, -0.05) is 6.07 Å². The van der Waals surface area contributed by atoms with Crippen LogP contribution in [-0.4, -0.2) is 59.9 Å². The van der Waals surface area contributed by atoms with E-state index < -0.39 is 17.7 Å². The fourth-order valence-electron chi connectivity index (χ4n) is 1.69. The Morgan fingerprint density at radius 1 is 1.24 bits per heavy atom. The molecule has 2 N–H and O–H groups in total. The molecule has 0 saturated carbocycles. The summed E-state index contributed by atoms with van der Waals surface area (Å²) in [4.78, 5) is 24.2. The van der Waals surface area contributed by atoms with Gasteiger partial charge in [-0.15, -0.1) is 0 Å². The minimum absolute atomic E-state index is 0.00711. The number of carboxylic acid groups (broad SMARTS) is 1. The number of benzene rings is 1. The first-order valence-electron chi connectivity index (χ1n) is 6.50. The Hall–Kier alpha value is -1.99. The van der Waals surface area contributed by atoms with Crippen molar-refractivity contribution in [2.45, 2.75) is 6.42 Å². The number of halogens is 1. The molecule has 1 rings (SSSR count). The van der Waals surface area contributed by atoms with Crippen molar-refractivity contribution in [1.29, 1.82) is 0 Å². The number of rotatable bonds is 9. The second-order valence-electron chi connectivity index (χ2n) is 4.28. The highest BCUT2D eigenvalue weighted by Gasteiger charge is 2.17. The van der Waals surface area contributed by atoms with E-state index in [4.69, 9.17) is 14.9 Å². The van der Waals surface area contributed by atoms with Crippen LogP contribution < -0.4 is 0 Å². The standard InChI is InChI=1S/C14H18FNO5/c15-12-3-1-2-11(10-12)14(20)16(5-4-13(18)19)6-8-21-9-7-17/h1-3,10,17H,4-9H2,(H,18,19). The Bertz CT molecular complexity index is 480. The fourth-order valence-corrected chi connectivity index (χ4v) is 1.69. The second-order valence-corrected chi connectivity index (χ2v) is 4.28. The van der Waals surface area contributed by atoms with E-state index in [-0.39, 0.29) is 44.9 Å². The summed E-state index contributed by atoms with van der Waals surface area (Å²) >= 11 is 0. The van der Waals surface area contributed by atoms with Gasteiger partial charge in [-0.2, -0.15) is 0 Å². The van der Waals surface area contributed by atoms with Crippen molar-refractivity contribution >= 4 is 11.9 Å². The van der Waals surface area contributed by atoms with Crippen LogP contribution in [-0.2, 0) is 9.53 Å². The van der Waals surface area contributed by atoms with E-state index in [0.717, 1.165) is 6.07 Å². The summed E-state index contributed by atoms with van der Waals surface area (Å²) in [6, 6.07) is 5.21. The summed E-state index contributed by atoms with van der Waals surface area (Å²) in [5.74, 6) is -2.01. The van der Waals surface area contributed by atoms with Gasteiger partial charge in [0.1, 0.15) is 5.82 Å². The molecule has 6 nitrogen and oxygen atoms in total. The average Bonchev–Trinajstić information content (AvgIpc) is 2.45. The number of aliphatic carboxylic acids is 1. The van der Waals surface area contributed by atoms with Crippen molar-refractivity contribution in [3.63, 3.8) is 0 Å². The van der Waals surface area contributed by atoms with Crippen molar-refractivity contribution < 1.29 is 28.9 Å². The van der Waals surface area contributed by atoms with Crippen molar-refractivity contribution in [1.82, 2.24) is 4.90 Å². The number of hydrogen-bond acceptors (Lipinski definition) is 4. The van der Waals surface area contributed by atoms with Crippen LogP contribution in [0.1, 0.15) is 16.8 Å². The molecule has 1 aromatic carbocycles. The Labute approximate surface area is 121 Å². The maximum atomic E-state index is 13.1. The predicted octanol–water partition coefficient (Wildman–Crippen LogP) is 0.751. The molecule has 116 valence electrons. The van der Waals surface area contributed by atoms with Crippen LogP contribution >= 0.6 is 0 Å². The summed E-state index contributed by atoms with van der Waals surface area (Å²) in [6.45, 7) is 0.352. The van der Waals surface area contributed by atoms with Gasteiger partial charge in [0, 0.05) is 18.7 Å². The van der Waals surface area contributed by atoms with Crippen LogP contribution in [0.3, 0.4) is 0 Å². The van der Waals surface area contributed by atoms with Crippen molar-refractivity contribution in [2.75, 3.05) is 32.9 Å². The van der Waals surface area contributed by atoms with Gasteiger partial charge in [-0.25, -0.2) is 4.39 Å². The topological polar surface area (TPSA) is 87.1 Å². The van der Waals surface area contributed by atoms with Gasteiger partial charge < -0.3 is 19.8 Å². The zero-order valence-electron chi connectivity index (χ0n) is 11.5. The van der Waals surface area contributed by atoms with Gasteiger partial charge >= 0.3 is 5.97 Å². The molecule has 0 spiro atoms. The van der Waals surface area contributed by atoms with Gasteiger partial charge in [-0.05, 0) is 18.2 Å². The van der Waals surface area contributed by atoms with Crippen molar-refractivity contribution in [2.24, 2.45) is 0 Å². The van der Waals surface area contributed by atoms with E-state index in [1.165, 1.54) is 23.1 Å². The van der Waals surface area contributed by atoms with Gasteiger partial charge in [0.15, 0.2) is 0 Å². The third-order valence-electron chi connectivity index (χ3n) is 2.70. The summed E-state index contributed by atoms with van der Waals surface area (Å²) in [5.41, 5.74) is 0.155. The van der Waals surface area contributed by atoms with Crippen LogP contribution in [0, 0.1) is 5.82 Å². The molecule has 0 aliphatic carbocycles. The van der Waals surface area contributed by atoms with Crippen LogP contribution in [0.25, 0.3) is 0 Å². The highest BCUT2D eigenvalue weighted by Crippen LogP contribution is 2.08. The van der Waals surface area contributed by atoms with E-state index in [2.05, 4.69) is 0 Å². The Morgan fingerprint density at radius 3 is 2.62 bits per heavy atom. The lowest BCUT2D eigenvalue weighted by molar-refractivity contribution is -0.137. The summed E-state index contributed by atoms with van der Waals surface area (Å²) in [5, 5.41) is 17.3. The summed E-state index contributed by atoms with van der Waals surface area (Å²) in [7, 11) is 0. The Kier molecular flexibility index (Phi) is 7.34. The molecule has 21 heavy (non-hydrogen) atoms. The first-order chi connectivity index (χ1) is 10.0. The predicted molar refractivity (Wildman–Crippen MR) is 72.5 cm³/mol. The molecule has 0 unspecified atom stereocenters. The molecular weight excluding hydrogens is 281 g/mol. The normalized spacial score (nSPS) is 10.4. The number of aliphatic hydroxyl groups is 1. The van der Waals surface area contributed by atoms with Crippen LogP contribution in [0.5, 0.6) is 0 Å². The molecular formula is C14H18FNO5. The Morgan fingerprint density at radius 2 is 2.00 bits per heavy atom. The SMILES string of the molecule is O=C(O)CCN(CCOCCO)C(=O)c1cccc(F)c1. The minimum atomic E-state index is -1.02. The van der Waals surface area contributed by atoms with Gasteiger partial charge in [0.25, 0.3) is 5.91 Å². The lowest BCUT2D eigenvalue weighted by Crippen LogP contribution is -2.36. The van der Waals surface area contributed by atoms with Gasteiger partial charge in [-0.3, -0.25) is 9.59 Å². The molecule has 0 bridgehead atoms. The Balaban J connectivity index is 2.69. The summed E-state index contributed by atoms with van der Waals surface area (Å²) < 4.78 is 18.2. The van der Waals surface area contributed by atoms with Crippen molar-refractivity contribution in [3.05, 3.63) is 35.6 Å². The molecule has 0 aliphatic heterocycles. The lowest BCUT2D eigenvalue weighted by Gasteiger charge is -2.22. The first kappa shape index (κ1) is 17.1. The molecule has 7 heteroatoms. The number of carbonyl (C=O) groups excluding carboxylic acids is 1. The van der Waals surface area contributed by atoms with E-state index >= 15 is 0 Å². The first-order valence-corrected chi connectivity index (χ1v) is 6.50. The molecule has 0 radical (unpaired) electrons. The third-order valence-corrected chi connectivity index (χ3v) is 2.70. The number of nitrogens with zero attached hydrogens (tertiary/aromatic N) is 1. The summed E-state index contributed by atoms with van der Waals surface area (Å²) in [6.07, 6.45) is -0.207. The molecule has 0 heterocycles. The average molecular weight is 299 g/mol. The number of amides is 1. The fraction of sp³-hybridized carbons (Fsp3) is 0.429. The number of aliphatic hydroxyl groups excluding tert-OH is 1. The smallest absolute Gasteiger partial charge is 0.305 e. The third kappa shape index (κ3) is 6.33. The molecule has 1 amide bonds. The van der Waals surface area contributed by atoms with Crippen LogP contribution in [0.15, 0.2) is 24.3 Å². The van der Waals surface area contributed by atoms with Crippen molar-refractivity contribution in [3.8, 4) is 0 Å². The van der Waals surface area contributed by atoms with E-state index in [9.17, 15) is 14.0 Å². The highest BCUT2D eigenvalue weighted by molar-refractivity contribution is 5.94. The molecule has 0 fully saturated rings. The van der Waals surface area contributed by atoms with Gasteiger partial charge in [0.05, 0.1) is 26.2 Å². The zero-order valence-corrected chi connectivity index (χ0v) is 11.5. The largest absolute Gasteiger partial charge is 0.481 e.